The van der Waals surface area contributed by atoms with Crippen molar-refractivity contribution in [3.8, 4) is 11.5 Å². The minimum absolute atomic E-state index is 0.0247. The van der Waals surface area contributed by atoms with Crippen molar-refractivity contribution in [1.29, 1.82) is 0 Å². The molecule has 16 nitrogen and oxygen atoms in total. The Bertz CT molecular complexity index is 2660. The Hall–Kier alpha value is -5.65. The van der Waals surface area contributed by atoms with E-state index in [-0.39, 0.29) is 34.0 Å². The van der Waals surface area contributed by atoms with E-state index >= 15 is 0 Å². The fourth-order valence-corrected chi connectivity index (χ4v) is 11.3. The molecule has 344 valence electrons. The molecule has 1 spiro atoms. The molecule has 1 aromatic carbocycles. The molecule has 0 radical (unpaired) electrons. The standard InChI is InChI=1S/C48H59N9O7S/c1-31(2)37-7-5-6-8-38(37)41-30-63-20-19-56(41)34-24-48(25-34)14-17-55(18-15-48)43-23-42(64-35-21-33-11-16-49-44(33)52-27-35)39(29-50-43)46(58)54-65(61,62)36-22-40(57(59)60)45(53-28-36)51-26-32-9-12-47(3,4)13-10-32/h5-8,11,16,21-23,27-29,31-32,34,41H,9-10,12-15,17-20,24-26,30H2,1-4H3,(H,49,52)(H,51,53)(H,54,58)/t41-/m1/s1. The summed E-state index contributed by atoms with van der Waals surface area (Å²) in [4.78, 5) is 46.1. The lowest BCUT2D eigenvalue weighted by Crippen LogP contribution is -2.58. The first-order chi connectivity index (χ1) is 31.2. The van der Waals surface area contributed by atoms with E-state index in [1.54, 1.807) is 18.3 Å². The number of ether oxygens (including phenoxy) is 2. The van der Waals surface area contributed by atoms with Gasteiger partial charge in [-0.25, -0.2) is 28.1 Å². The Morgan fingerprint density at radius 3 is 2.52 bits per heavy atom. The van der Waals surface area contributed by atoms with E-state index < -0.39 is 31.4 Å². The number of anilines is 2. The van der Waals surface area contributed by atoms with Gasteiger partial charge in [-0.15, -0.1) is 0 Å². The molecule has 1 atom stereocenters. The molecule has 0 unspecified atom stereocenters. The molecule has 17 heteroatoms. The number of sulfonamides is 1. The topological polar surface area (TPSA) is 198 Å². The highest BCUT2D eigenvalue weighted by molar-refractivity contribution is 7.90. The second-order valence-corrected chi connectivity index (χ2v) is 21.3. The normalized spacial score (nSPS) is 20.4. The van der Waals surface area contributed by atoms with Gasteiger partial charge in [0.1, 0.15) is 33.4 Å². The number of hydrogen-bond donors (Lipinski definition) is 3. The van der Waals surface area contributed by atoms with Crippen LogP contribution in [0.15, 0.2) is 78.2 Å². The number of nitrogens with zero attached hydrogens (tertiary/aromatic N) is 6. The lowest BCUT2D eigenvalue weighted by molar-refractivity contribution is -0.384. The molecule has 5 aromatic rings. The quantitative estimate of drug-likeness (QED) is 0.0750. The van der Waals surface area contributed by atoms with Crippen LogP contribution in [0.5, 0.6) is 11.5 Å². The summed E-state index contributed by atoms with van der Waals surface area (Å²) in [5, 5.41) is 16.0. The third-order valence-corrected chi connectivity index (χ3v) is 15.7. The highest BCUT2D eigenvalue weighted by atomic mass is 32.2. The van der Waals surface area contributed by atoms with Crippen LogP contribution in [0.25, 0.3) is 11.0 Å². The maximum atomic E-state index is 13.9. The Morgan fingerprint density at radius 2 is 1.77 bits per heavy atom. The minimum atomic E-state index is -4.63. The minimum Gasteiger partial charge on any atom is -0.455 e. The first-order valence-corrected chi connectivity index (χ1v) is 24.4. The SMILES string of the molecule is CC(C)c1ccccc1[C@H]1COCCN1C1CC2(CCN(c3cc(Oc4cnc5[nH]ccc5c4)c(C(=O)NS(=O)(=O)c4cnc(NCC5CCC(C)(C)CC5)c([N+](=O)[O-])c4)cn3)CC2)C1. The van der Waals surface area contributed by atoms with Gasteiger partial charge in [-0.2, -0.15) is 0 Å². The zero-order valence-corrected chi connectivity index (χ0v) is 38.4. The number of fused-ring (bicyclic) bond motifs is 1. The number of carbonyl (C=O) groups excluding carboxylic acids is 1. The first kappa shape index (κ1) is 44.5. The number of aromatic nitrogens is 4. The van der Waals surface area contributed by atoms with E-state index in [0.717, 1.165) is 95.3 Å². The summed E-state index contributed by atoms with van der Waals surface area (Å²) < 4.78 is 41.9. The Morgan fingerprint density at radius 1 is 1.00 bits per heavy atom. The van der Waals surface area contributed by atoms with Crippen LogP contribution in [-0.2, 0) is 14.8 Å². The Labute approximate surface area is 380 Å². The van der Waals surface area contributed by atoms with Crippen molar-refractivity contribution in [1.82, 2.24) is 29.6 Å². The van der Waals surface area contributed by atoms with Gasteiger partial charge in [0.15, 0.2) is 0 Å². The van der Waals surface area contributed by atoms with Crippen molar-refractivity contribution >= 4 is 44.3 Å². The molecular weight excluding hydrogens is 847 g/mol. The molecule has 4 aliphatic rings. The zero-order valence-electron chi connectivity index (χ0n) is 37.6. The fourth-order valence-electron chi connectivity index (χ4n) is 10.4. The number of rotatable bonds is 13. The summed E-state index contributed by atoms with van der Waals surface area (Å²) in [6.07, 6.45) is 13.9. The number of aromatic amines is 1. The highest BCUT2D eigenvalue weighted by Gasteiger charge is 2.50. The second kappa shape index (κ2) is 18.0. The molecule has 4 aromatic heterocycles. The predicted octanol–water partition coefficient (Wildman–Crippen LogP) is 8.75. The van der Waals surface area contributed by atoms with Crippen molar-refractivity contribution in [2.45, 2.75) is 102 Å². The van der Waals surface area contributed by atoms with Gasteiger partial charge in [0, 0.05) is 62.1 Å². The molecule has 6 heterocycles. The van der Waals surface area contributed by atoms with Gasteiger partial charge in [0.2, 0.25) is 5.82 Å². The van der Waals surface area contributed by atoms with Crippen LogP contribution in [0, 0.1) is 26.9 Å². The lowest BCUT2D eigenvalue weighted by Gasteiger charge is -2.57. The van der Waals surface area contributed by atoms with E-state index in [1.165, 1.54) is 23.5 Å². The summed E-state index contributed by atoms with van der Waals surface area (Å²) >= 11 is 0. The molecule has 4 fully saturated rings. The molecule has 2 aliphatic carbocycles. The van der Waals surface area contributed by atoms with Gasteiger partial charge < -0.3 is 24.7 Å². The largest absolute Gasteiger partial charge is 0.455 e. The first-order valence-electron chi connectivity index (χ1n) is 22.9. The third kappa shape index (κ3) is 9.54. The van der Waals surface area contributed by atoms with Crippen LogP contribution in [0.2, 0.25) is 0 Å². The van der Waals surface area contributed by atoms with Crippen LogP contribution in [0.3, 0.4) is 0 Å². The smallest absolute Gasteiger partial charge is 0.312 e. The number of nitrogens with one attached hydrogen (secondary N) is 3. The average molecular weight is 906 g/mol. The number of amides is 1. The number of hydrogen-bond acceptors (Lipinski definition) is 13. The summed E-state index contributed by atoms with van der Waals surface area (Å²) in [7, 11) is -4.63. The zero-order chi connectivity index (χ0) is 45.5. The van der Waals surface area contributed by atoms with Gasteiger partial charge in [0.05, 0.1) is 36.6 Å². The molecular formula is C48H59N9O7S. The summed E-state index contributed by atoms with van der Waals surface area (Å²) in [5.41, 5.74) is 3.27. The molecule has 3 N–H and O–H groups in total. The van der Waals surface area contributed by atoms with Gasteiger partial charge in [-0.1, -0.05) is 52.0 Å². The van der Waals surface area contributed by atoms with Crippen molar-refractivity contribution in [3.05, 3.63) is 100 Å². The van der Waals surface area contributed by atoms with Gasteiger partial charge >= 0.3 is 5.69 Å². The number of nitro groups is 1. The van der Waals surface area contributed by atoms with E-state index in [0.29, 0.717) is 48.2 Å². The van der Waals surface area contributed by atoms with Gasteiger partial charge in [-0.3, -0.25) is 19.8 Å². The average Bonchev–Trinajstić information content (AvgIpc) is 3.76. The van der Waals surface area contributed by atoms with E-state index in [2.05, 4.69) is 91.7 Å². The van der Waals surface area contributed by atoms with Crippen LogP contribution in [-0.4, -0.2) is 89.5 Å². The predicted molar refractivity (Wildman–Crippen MR) is 248 cm³/mol. The van der Waals surface area contributed by atoms with E-state index in [4.69, 9.17) is 9.47 Å². The molecule has 65 heavy (non-hydrogen) atoms. The van der Waals surface area contributed by atoms with Crippen molar-refractivity contribution in [2.75, 3.05) is 49.6 Å². The number of piperidine rings is 1. The van der Waals surface area contributed by atoms with Crippen LogP contribution >= 0.6 is 0 Å². The number of morpholine rings is 1. The number of H-pyrrole nitrogens is 1. The summed E-state index contributed by atoms with van der Waals surface area (Å²) in [5.74, 6) is 0.720. The second-order valence-electron chi connectivity index (χ2n) is 19.6. The maximum Gasteiger partial charge on any atom is 0.312 e. The number of benzene rings is 1. The summed E-state index contributed by atoms with van der Waals surface area (Å²) in [6, 6.07) is 15.7. The van der Waals surface area contributed by atoms with Gasteiger partial charge in [0.25, 0.3) is 15.9 Å². The fraction of sp³-hybridized carbons (Fsp3) is 0.500. The summed E-state index contributed by atoms with van der Waals surface area (Å²) in [6.45, 7) is 13.3. The highest BCUT2D eigenvalue weighted by Crippen LogP contribution is 2.53. The van der Waals surface area contributed by atoms with Crippen LogP contribution < -0.4 is 19.7 Å². The van der Waals surface area contributed by atoms with Gasteiger partial charge in [-0.05, 0) is 97.3 Å². The molecule has 1 amide bonds. The Balaban J connectivity index is 0.898. The van der Waals surface area contributed by atoms with Crippen molar-refractivity contribution in [2.24, 2.45) is 16.7 Å². The Kier molecular flexibility index (Phi) is 12.3. The van der Waals surface area contributed by atoms with Crippen molar-refractivity contribution in [3.63, 3.8) is 0 Å². The molecule has 0 bridgehead atoms. The number of pyridine rings is 3. The third-order valence-electron chi connectivity index (χ3n) is 14.4. The molecule has 2 saturated carbocycles. The number of carbonyl (C=O) groups is 1. The van der Waals surface area contributed by atoms with Crippen molar-refractivity contribution < 1.29 is 27.6 Å². The monoisotopic (exact) mass is 905 g/mol. The van der Waals surface area contributed by atoms with E-state index in [1.807, 2.05) is 6.07 Å². The van der Waals surface area contributed by atoms with Crippen LogP contribution in [0.1, 0.15) is 113 Å². The maximum absolute atomic E-state index is 13.9. The lowest BCUT2D eigenvalue weighted by atomic mass is 9.59. The van der Waals surface area contributed by atoms with Crippen LogP contribution in [0.4, 0.5) is 17.3 Å². The molecule has 2 saturated heterocycles. The van der Waals surface area contributed by atoms with E-state index in [9.17, 15) is 23.3 Å². The molecule has 9 rings (SSSR count). The molecule has 2 aliphatic heterocycles.